The number of aromatic nitrogens is 2. The van der Waals surface area contributed by atoms with E-state index in [1.807, 2.05) is 44.2 Å². The Morgan fingerprint density at radius 1 is 0.917 bits per heavy atom. The Hall–Kier alpha value is -3.59. The molecule has 11 nitrogen and oxygen atoms in total. The lowest BCUT2D eigenvalue weighted by Gasteiger charge is -2.15. The summed E-state index contributed by atoms with van der Waals surface area (Å²) in [6, 6.07) is 18.5. The van der Waals surface area contributed by atoms with Crippen molar-refractivity contribution in [1.82, 2.24) is 9.78 Å². The zero-order valence-electron chi connectivity index (χ0n) is 19.2. The molecule has 0 fully saturated rings. The van der Waals surface area contributed by atoms with Crippen molar-refractivity contribution < 1.29 is 27.6 Å². The van der Waals surface area contributed by atoms with Crippen molar-refractivity contribution in [3.05, 3.63) is 78.0 Å². The second-order valence-corrected chi connectivity index (χ2v) is 9.97. The normalized spacial score (nSPS) is 11.4. The van der Waals surface area contributed by atoms with Gasteiger partial charge in [-0.3, -0.25) is 4.55 Å². The third-order valence-corrected chi connectivity index (χ3v) is 6.77. The summed E-state index contributed by atoms with van der Waals surface area (Å²) in [4.78, 5) is 0.520. The number of anilines is 5. The molecule has 188 valence electrons. The predicted octanol–water partition coefficient (Wildman–Crippen LogP) is 5.23. The quantitative estimate of drug-likeness (QED) is 0.0835. The zero-order chi connectivity index (χ0) is 25.9. The van der Waals surface area contributed by atoms with E-state index in [-0.39, 0.29) is 4.90 Å². The molecule has 0 radical (unpaired) electrons. The SMILES string of the molecule is Cc1nn(-c2cc(Nc3ccc(SOOO)cc3)cc(Nc3ccc(S(=O)(=O)O)cc3)c2)c(N)c1C. The molecule has 3 aromatic carbocycles. The first-order chi connectivity index (χ1) is 17.1. The Morgan fingerprint density at radius 3 is 1.94 bits per heavy atom. The number of aryl methyl sites for hydroxylation is 1. The molecule has 36 heavy (non-hydrogen) atoms. The summed E-state index contributed by atoms with van der Waals surface area (Å²) in [6.07, 6.45) is 0. The molecular weight excluding hydrogens is 506 g/mol. The van der Waals surface area contributed by atoms with Gasteiger partial charge in [-0.1, -0.05) is 5.04 Å². The van der Waals surface area contributed by atoms with Crippen LogP contribution in [0.2, 0.25) is 0 Å². The minimum absolute atomic E-state index is 0.197. The second kappa shape index (κ2) is 10.6. The minimum atomic E-state index is -4.28. The molecule has 0 atom stereocenters. The maximum atomic E-state index is 11.3. The highest BCUT2D eigenvalue weighted by Gasteiger charge is 2.13. The molecule has 4 rings (SSSR count). The molecule has 0 aliphatic carbocycles. The van der Waals surface area contributed by atoms with E-state index in [9.17, 15) is 13.0 Å². The van der Waals surface area contributed by atoms with Crippen molar-refractivity contribution >= 4 is 50.7 Å². The first-order valence-corrected chi connectivity index (χ1v) is 12.7. The third kappa shape index (κ3) is 5.96. The number of nitrogens with zero attached hydrogens (tertiary/aromatic N) is 2. The molecule has 0 aliphatic rings. The molecule has 0 spiro atoms. The highest BCUT2D eigenvalue weighted by molar-refractivity contribution is 7.94. The van der Waals surface area contributed by atoms with Gasteiger partial charge in [-0.05, 0) is 80.6 Å². The van der Waals surface area contributed by atoms with Crippen LogP contribution in [-0.4, -0.2) is 28.0 Å². The maximum Gasteiger partial charge on any atom is 0.294 e. The molecule has 1 heterocycles. The van der Waals surface area contributed by atoms with Crippen LogP contribution >= 0.6 is 12.0 Å². The average molecular weight is 530 g/mol. The molecule has 0 saturated heterocycles. The van der Waals surface area contributed by atoms with Crippen LogP contribution in [0.4, 0.5) is 28.6 Å². The van der Waals surface area contributed by atoms with Crippen LogP contribution in [0.25, 0.3) is 5.69 Å². The molecule has 0 aliphatic heterocycles. The zero-order valence-corrected chi connectivity index (χ0v) is 20.8. The van der Waals surface area contributed by atoms with Gasteiger partial charge in [-0.15, -0.1) is 4.33 Å². The van der Waals surface area contributed by atoms with Crippen LogP contribution in [0.5, 0.6) is 0 Å². The summed E-state index contributed by atoms with van der Waals surface area (Å²) < 4.78 is 38.0. The van der Waals surface area contributed by atoms with E-state index in [1.165, 1.54) is 12.1 Å². The van der Waals surface area contributed by atoms with Crippen molar-refractivity contribution in [3.8, 4) is 5.69 Å². The molecule has 13 heteroatoms. The average Bonchev–Trinajstić information content (AvgIpc) is 3.10. The number of nitrogens with two attached hydrogens (primary N) is 1. The number of rotatable bonds is 9. The van der Waals surface area contributed by atoms with Crippen molar-refractivity contribution in [1.29, 1.82) is 0 Å². The molecule has 4 aromatic rings. The Labute approximate surface area is 211 Å². The standard InChI is InChI=1S/C23H23N5O6S2/c1-14-15(2)27-28(23(14)24)20-12-18(25-16-3-7-21(8-4-16)35-34-33-29)11-19(13-20)26-17-5-9-22(10-6-17)36(30,31)32/h3-13,25-26,29H,24H2,1-2H3,(H,30,31,32). The maximum absolute atomic E-state index is 11.3. The summed E-state index contributed by atoms with van der Waals surface area (Å²) in [5.74, 6) is 0.514. The van der Waals surface area contributed by atoms with Gasteiger partial charge >= 0.3 is 0 Å². The Kier molecular flexibility index (Phi) is 7.49. The van der Waals surface area contributed by atoms with Crippen LogP contribution in [0.3, 0.4) is 0 Å². The van der Waals surface area contributed by atoms with Gasteiger partial charge in [0.15, 0.2) is 0 Å². The molecule has 0 saturated carbocycles. The van der Waals surface area contributed by atoms with Crippen molar-refractivity contribution in [2.24, 2.45) is 0 Å². The van der Waals surface area contributed by atoms with E-state index >= 15 is 0 Å². The number of nitrogen functional groups attached to an aromatic ring is 1. The molecule has 0 amide bonds. The topological polar surface area (TPSA) is 161 Å². The van der Waals surface area contributed by atoms with Crippen molar-refractivity contribution in [2.45, 2.75) is 23.6 Å². The number of benzene rings is 3. The summed E-state index contributed by atoms with van der Waals surface area (Å²) >= 11 is 0.858. The summed E-state index contributed by atoms with van der Waals surface area (Å²) in [5.41, 5.74) is 11.5. The van der Waals surface area contributed by atoms with E-state index in [0.29, 0.717) is 27.8 Å². The van der Waals surface area contributed by atoms with Crippen LogP contribution in [0, 0.1) is 13.8 Å². The van der Waals surface area contributed by atoms with E-state index in [1.54, 1.807) is 28.9 Å². The molecule has 0 unspecified atom stereocenters. The van der Waals surface area contributed by atoms with Gasteiger partial charge in [0.2, 0.25) is 0 Å². The van der Waals surface area contributed by atoms with E-state index in [0.717, 1.165) is 34.7 Å². The first-order valence-electron chi connectivity index (χ1n) is 10.5. The highest BCUT2D eigenvalue weighted by atomic mass is 32.2. The van der Waals surface area contributed by atoms with Crippen LogP contribution in [-0.2, 0) is 19.5 Å². The van der Waals surface area contributed by atoms with Gasteiger partial charge in [0.25, 0.3) is 10.1 Å². The van der Waals surface area contributed by atoms with Gasteiger partial charge in [-0.2, -0.15) is 13.5 Å². The second-order valence-electron chi connectivity index (χ2n) is 7.78. The van der Waals surface area contributed by atoms with Crippen LogP contribution in [0.1, 0.15) is 11.3 Å². The van der Waals surface area contributed by atoms with E-state index in [2.05, 4.69) is 25.1 Å². The Bertz CT molecular complexity index is 1470. The largest absolute Gasteiger partial charge is 0.383 e. The van der Waals surface area contributed by atoms with Gasteiger partial charge in [-0.25, -0.2) is 9.94 Å². The monoisotopic (exact) mass is 529 g/mol. The Morgan fingerprint density at radius 2 is 1.47 bits per heavy atom. The number of nitrogens with one attached hydrogen (secondary N) is 2. The van der Waals surface area contributed by atoms with Gasteiger partial charge in [0, 0.05) is 33.2 Å². The minimum Gasteiger partial charge on any atom is -0.383 e. The van der Waals surface area contributed by atoms with E-state index in [4.69, 9.17) is 11.0 Å². The smallest absolute Gasteiger partial charge is 0.294 e. The highest BCUT2D eigenvalue weighted by Crippen LogP contribution is 2.30. The van der Waals surface area contributed by atoms with Gasteiger partial charge in [0.1, 0.15) is 5.82 Å². The van der Waals surface area contributed by atoms with Gasteiger partial charge < -0.3 is 16.4 Å². The van der Waals surface area contributed by atoms with Crippen molar-refractivity contribution in [2.75, 3.05) is 16.4 Å². The van der Waals surface area contributed by atoms with Gasteiger partial charge in [0.05, 0.1) is 28.3 Å². The molecular formula is C23H23N5O6S2. The summed E-state index contributed by atoms with van der Waals surface area (Å²) in [6.45, 7) is 3.78. The number of hydrogen-bond donors (Lipinski definition) is 5. The van der Waals surface area contributed by atoms with Crippen LogP contribution in [0.15, 0.2) is 76.5 Å². The first kappa shape index (κ1) is 25.5. The fourth-order valence-electron chi connectivity index (χ4n) is 3.39. The lowest BCUT2D eigenvalue weighted by atomic mass is 10.2. The molecule has 0 bridgehead atoms. The Balaban J connectivity index is 1.67. The lowest BCUT2D eigenvalue weighted by Crippen LogP contribution is -2.04. The number of hydrogen-bond acceptors (Lipinski definition) is 10. The lowest BCUT2D eigenvalue weighted by molar-refractivity contribution is -0.432. The molecule has 6 N–H and O–H groups in total. The predicted molar refractivity (Wildman–Crippen MR) is 137 cm³/mol. The molecule has 1 aromatic heterocycles. The fourth-order valence-corrected chi connectivity index (χ4v) is 4.23. The fraction of sp³-hybridized carbons (Fsp3) is 0.0870. The third-order valence-electron chi connectivity index (χ3n) is 5.31. The van der Waals surface area contributed by atoms with Crippen LogP contribution < -0.4 is 16.4 Å². The summed E-state index contributed by atoms with van der Waals surface area (Å²) in [7, 11) is -4.28. The van der Waals surface area contributed by atoms with E-state index < -0.39 is 10.1 Å². The van der Waals surface area contributed by atoms with Crippen molar-refractivity contribution in [3.63, 3.8) is 0 Å². The summed E-state index contributed by atoms with van der Waals surface area (Å²) in [5, 5.41) is 23.0.